The van der Waals surface area contributed by atoms with Gasteiger partial charge in [0, 0.05) is 23.2 Å². The van der Waals surface area contributed by atoms with Gasteiger partial charge in [-0.2, -0.15) is 0 Å². The van der Waals surface area contributed by atoms with E-state index >= 15 is 0 Å². The topological polar surface area (TPSA) is 0 Å². The van der Waals surface area contributed by atoms with Crippen LogP contribution in [0.3, 0.4) is 0 Å². The maximum absolute atomic E-state index is 2.52. The van der Waals surface area contributed by atoms with Crippen LogP contribution in [0.1, 0.15) is 71.9 Å². The Balaban J connectivity index is 0.850. The lowest BCUT2D eigenvalue weighted by Crippen LogP contribution is -2.18. The normalized spacial score (nSPS) is 17.8. The summed E-state index contributed by atoms with van der Waals surface area (Å²) < 4.78 is 0. The molecule has 0 saturated heterocycles. The van der Waals surface area contributed by atoms with Gasteiger partial charge >= 0.3 is 0 Å². The van der Waals surface area contributed by atoms with Crippen LogP contribution in [0.2, 0.25) is 0 Å². The van der Waals surface area contributed by atoms with Crippen molar-refractivity contribution >= 4 is 10.8 Å². The molecule has 0 N–H and O–H groups in total. The van der Waals surface area contributed by atoms with E-state index in [9.17, 15) is 0 Å². The average Bonchev–Trinajstić information content (AvgIpc) is 3.49. The molecule has 3 aliphatic carbocycles. The van der Waals surface area contributed by atoms with E-state index in [4.69, 9.17) is 0 Å². The summed E-state index contributed by atoms with van der Waals surface area (Å²) in [6, 6.07) is 59.3. The summed E-state index contributed by atoms with van der Waals surface area (Å²) in [5.41, 5.74) is 17.7. The van der Waals surface area contributed by atoms with Gasteiger partial charge in [0.15, 0.2) is 0 Å². The summed E-state index contributed by atoms with van der Waals surface area (Å²) >= 11 is 0. The molecule has 0 heterocycles. The first-order valence-electron chi connectivity index (χ1n) is 20.8. The molecule has 0 bridgehead atoms. The first-order chi connectivity index (χ1) is 28.0. The number of rotatable bonds is 9. The first kappa shape index (κ1) is 35.2. The maximum atomic E-state index is 2.52. The van der Waals surface area contributed by atoms with Gasteiger partial charge in [0.2, 0.25) is 0 Å². The highest BCUT2D eigenvalue weighted by molar-refractivity contribution is 5.96. The molecule has 3 unspecified atom stereocenters. The minimum absolute atomic E-state index is 0.0411. The Hall–Kier alpha value is -6.24. The lowest BCUT2D eigenvalue weighted by molar-refractivity contribution is 0.642. The van der Waals surface area contributed by atoms with Gasteiger partial charge in [-0.05, 0) is 102 Å². The van der Waals surface area contributed by atoms with Gasteiger partial charge in [0.05, 0.1) is 0 Å². The summed E-state index contributed by atoms with van der Waals surface area (Å²) in [6.07, 6.45) is 19.2. The Labute approximate surface area is 338 Å². The van der Waals surface area contributed by atoms with Crippen LogP contribution in [-0.4, -0.2) is 0 Å². The molecular formula is C57H48. The summed E-state index contributed by atoms with van der Waals surface area (Å²) in [5.74, 6) is 1.13. The molecule has 0 heteroatoms. The zero-order chi connectivity index (χ0) is 38.3. The molecule has 10 rings (SSSR count). The predicted molar refractivity (Wildman–Crippen MR) is 242 cm³/mol. The fourth-order valence-electron chi connectivity index (χ4n) is 9.90. The fourth-order valence-corrected chi connectivity index (χ4v) is 9.90. The van der Waals surface area contributed by atoms with Crippen molar-refractivity contribution in [1.29, 1.82) is 0 Å². The predicted octanol–water partition coefficient (Wildman–Crippen LogP) is 15.0. The van der Waals surface area contributed by atoms with Crippen LogP contribution in [0.4, 0.5) is 0 Å². The van der Waals surface area contributed by atoms with Crippen molar-refractivity contribution in [3.05, 3.63) is 239 Å². The highest BCUT2D eigenvalue weighted by Crippen LogP contribution is 2.51. The first-order valence-corrected chi connectivity index (χ1v) is 20.8. The second-order valence-corrected chi connectivity index (χ2v) is 16.7. The molecule has 0 nitrogen and oxygen atoms in total. The number of aryl methyl sites for hydroxylation is 1. The van der Waals surface area contributed by atoms with E-state index in [2.05, 4.69) is 214 Å². The Morgan fingerprint density at radius 2 is 1.19 bits per heavy atom. The van der Waals surface area contributed by atoms with E-state index in [0.717, 1.165) is 19.3 Å². The van der Waals surface area contributed by atoms with Crippen molar-refractivity contribution in [2.75, 3.05) is 0 Å². The molecule has 0 fully saturated rings. The van der Waals surface area contributed by atoms with Crippen LogP contribution >= 0.6 is 0 Å². The fraction of sp³-hybridized carbons (Fsp3) is 0.158. The number of hydrogen-bond donors (Lipinski definition) is 0. The minimum Gasteiger partial charge on any atom is -0.0761 e. The van der Waals surface area contributed by atoms with Crippen molar-refractivity contribution in [3.63, 3.8) is 0 Å². The lowest BCUT2D eigenvalue weighted by Gasteiger charge is -2.29. The molecule has 3 atom stereocenters. The molecule has 3 aliphatic rings. The maximum Gasteiger partial charge on any atom is 0.0159 e. The number of allylic oxidation sites excluding steroid dienone is 8. The molecule has 7 aromatic carbocycles. The van der Waals surface area contributed by atoms with Crippen LogP contribution in [-0.2, 0) is 11.8 Å². The third kappa shape index (κ3) is 6.54. The SMILES string of the molecule is CC1(C)c2cc(CCCC(c3ccccc3)c3ccc(-c4ccc(-c5cccc6ccccc56)cc4)cc3)ccc2-c2ccc(C3C=CC=C4C=CC=CC43)cc21. The molecule has 276 valence electrons. The highest BCUT2D eigenvalue weighted by atomic mass is 14.4. The van der Waals surface area contributed by atoms with E-state index in [1.807, 2.05) is 0 Å². The van der Waals surface area contributed by atoms with Crippen LogP contribution in [0.15, 0.2) is 206 Å². The third-order valence-corrected chi connectivity index (χ3v) is 13.0. The molecule has 0 saturated carbocycles. The Bertz CT molecular complexity index is 2710. The van der Waals surface area contributed by atoms with Crippen LogP contribution in [0, 0.1) is 5.92 Å². The van der Waals surface area contributed by atoms with Crippen LogP contribution in [0.5, 0.6) is 0 Å². The zero-order valence-electron chi connectivity index (χ0n) is 32.9. The minimum atomic E-state index is -0.0411. The van der Waals surface area contributed by atoms with Crippen molar-refractivity contribution in [2.24, 2.45) is 5.92 Å². The second-order valence-electron chi connectivity index (χ2n) is 16.7. The number of hydrogen-bond acceptors (Lipinski definition) is 0. The van der Waals surface area contributed by atoms with Crippen LogP contribution < -0.4 is 0 Å². The summed E-state index contributed by atoms with van der Waals surface area (Å²) in [7, 11) is 0. The van der Waals surface area contributed by atoms with Crippen molar-refractivity contribution in [2.45, 2.75) is 50.4 Å². The lowest BCUT2D eigenvalue weighted by atomic mass is 9.74. The van der Waals surface area contributed by atoms with Gasteiger partial charge in [0.1, 0.15) is 0 Å². The quantitative estimate of drug-likeness (QED) is 0.139. The van der Waals surface area contributed by atoms with Crippen LogP contribution in [0.25, 0.3) is 44.2 Å². The third-order valence-electron chi connectivity index (χ3n) is 13.0. The van der Waals surface area contributed by atoms with Gasteiger partial charge in [-0.1, -0.05) is 214 Å². The molecule has 0 amide bonds. The smallest absolute Gasteiger partial charge is 0.0159 e. The number of fused-ring (bicyclic) bond motifs is 5. The van der Waals surface area contributed by atoms with E-state index in [1.165, 1.54) is 83.1 Å². The molecule has 0 spiro atoms. The molecule has 57 heavy (non-hydrogen) atoms. The van der Waals surface area contributed by atoms with Gasteiger partial charge in [0.25, 0.3) is 0 Å². The second kappa shape index (κ2) is 14.7. The Morgan fingerprint density at radius 3 is 2.02 bits per heavy atom. The Kier molecular flexibility index (Phi) is 9.07. The molecular weight excluding hydrogens is 685 g/mol. The van der Waals surface area contributed by atoms with E-state index in [0.29, 0.717) is 17.8 Å². The van der Waals surface area contributed by atoms with Gasteiger partial charge in [-0.15, -0.1) is 0 Å². The largest absolute Gasteiger partial charge is 0.0761 e. The summed E-state index contributed by atoms with van der Waals surface area (Å²) in [4.78, 5) is 0. The summed E-state index contributed by atoms with van der Waals surface area (Å²) in [6.45, 7) is 4.84. The highest BCUT2D eigenvalue weighted by Gasteiger charge is 2.37. The molecule has 0 aromatic heterocycles. The molecule has 7 aromatic rings. The zero-order valence-corrected chi connectivity index (χ0v) is 32.9. The monoisotopic (exact) mass is 732 g/mol. The van der Waals surface area contributed by atoms with Gasteiger partial charge in [-0.25, -0.2) is 0 Å². The van der Waals surface area contributed by atoms with Crippen molar-refractivity contribution in [1.82, 2.24) is 0 Å². The standard InChI is InChI=1S/C57H48/c1-57(2)55-37-39(25-35-53(55)54-36-34-47(38-56(54)57)52-24-12-19-44-17-7-9-21-50(44)52)13-10-22-48(42-14-4-3-5-15-42)45-30-26-40(27-31-45)41-28-32-46(33-29-41)51-23-11-18-43-16-6-8-20-49(43)51/h3-9,11-12,14-21,23-38,48,50,52H,10,13,22H2,1-2H3. The summed E-state index contributed by atoms with van der Waals surface area (Å²) in [5, 5.41) is 2.57. The molecule has 0 radical (unpaired) electrons. The van der Waals surface area contributed by atoms with Gasteiger partial charge < -0.3 is 0 Å². The van der Waals surface area contributed by atoms with Crippen molar-refractivity contribution < 1.29 is 0 Å². The van der Waals surface area contributed by atoms with Gasteiger partial charge in [-0.3, -0.25) is 0 Å². The average molecular weight is 733 g/mol. The Morgan fingerprint density at radius 1 is 0.526 bits per heavy atom. The van der Waals surface area contributed by atoms with E-state index in [1.54, 1.807) is 0 Å². The van der Waals surface area contributed by atoms with E-state index < -0.39 is 0 Å². The number of benzene rings is 7. The molecule has 0 aliphatic heterocycles. The van der Waals surface area contributed by atoms with E-state index in [-0.39, 0.29) is 5.41 Å². The van der Waals surface area contributed by atoms with Crippen molar-refractivity contribution in [3.8, 4) is 33.4 Å².